The normalized spacial score (nSPS) is 10.8. The third kappa shape index (κ3) is 2.05. The molecule has 0 fully saturated rings. The summed E-state index contributed by atoms with van der Waals surface area (Å²) in [5, 5.41) is 9.17. The van der Waals surface area contributed by atoms with Gasteiger partial charge in [0.25, 0.3) is 0 Å². The Morgan fingerprint density at radius 3 is 2.60 bits per heavy atom. The number of aliphatic carboxylic acids is 1. The van der Waals surface area contributed by atoms with Crippen molar-refractivity contribution in [2.24, 2.45) is 0 Å². The van der Waals surface area contributed by atoms with Gasteiger partial charge in [-0.3, -0.25) is 4.79 Å². The second-order valence-corrected chi connectivity index (χ2v) is 4.70. The molecule has 0 saturated carbocycles. The molecule has 0 spiro atoms. The van der Waals surface area contributed by atoms with Gasteiger partial charge in [-0.1, -0.05) is 36.4 Å². The van der Waals surface area contributed by atoms with Crippen molar-refractivity contribution in [3.05, 3.63) is 59.9 Å². The van der Waals surface area contributed by atoms with E-state index in [1.54, 1.807) is 0 Å². The van der Waals surface area contributed by atoms with Crippen LogP contribution < -0.4 is 0 Å². The van der Waals surface area contributed by atoms with E-state index in [2.05, 4.69) is 4.98 Å². The highest BCUT2D eigenvalue weighted by molar-refractivity contribution is 5.76. The summed E-state index contributed by atoms with van der Waals surface area (Å²) in [6, 6.07) is 15.5. The minimum Gasteiger partial charge on any atom is -0.481 e. The molecule has 0 amide bonds. The van der Waals surface area contributed by atoms with Crippen LogP contribution >= 0.6 is 0 Å². The van der Waals surface area contributed by atoms with Crippen molar-refractivity contribution in [3.63, 3.8) is 0 Å². The van der Waals surface area contributed by atoms with Crippen LogP contribution in [0.4, 0.5) is 0 Å². The average molecular weight is 266 g/mol. The standard InChI is InChI=1S/C16H14N2O2/c1-11-6-5-9-14-17-16(12-7-3-2-4-8-12)13(18(11)14)10-15(19)20/h2-9H,10H2,1H3,(H,19,20). The molecule has 20 heavy (non-hydrogen) atoms. The van der Waals surface area contributed by atoms with Crippen LogP contribution in [-0.4, -0.2) is 20.5 Å². The van der Waals surface area contributed by atoms with E-state index in [1.807, 2.05) is 59.9 Å². The van der Waals surface area contributed by atoms with Crippen molar-refractivity contribution in [1.82, 2.24) is 9.38 Å². The summed E-state index contributed by atoms with van der Waals surface area (Å²) < 4.78 is 1.91. The van der Waals surface area contributed by atoms with Crippen molar-refractivity contribution in [1.29, 1.82) is 0 Å². The molecule has 0 unspecified atom stereocenters. The maximum Gasteiger partial charge on any atom is 0.309 e. The predicted octanol–water partition coefficient (Wildman–Crippen LogP) is 2.94. The lowest BCUT2D eigenvalue weighted by atomic mass is 10.1. The molecule has 1 aromatic carbocycles. The first-order chi connectivity index (χ1) is 9.66. The van der Waals surface area contributed by atoms with Crippen LogP contribution in [0.2, 0.25) is 0 Å². The summed E-state index contributed by atoms with van der Waals surface area (Å²) in [4.78, 5) is 15.8. The highest BCUT2D eigenvalue weighted by atomic mass is 16.4. The lowest BCUT2D eigenvalue weighted by molar-refractivity contribution is -0.136. The van der Waals surface area contributed by atoms with Crippen LogP contribution in [0.5, 0.6) is 0 Å². The van der Waals surface area contributed by atoms with Gasteiger partial charge < -0.3 is 9.51 Å². The van der Waals surface area contributed by atoms with E-state index >= 15 is 0 Å². The molecule has 0 aliphatic heterocycles. The van der Waals surface area contributed by atoms with Crippen LogP contribution in [0.25, 0.3) is 16.9 Å². The molecule has 0 aliphatic rings. The number of nitrogens with zero attached hydrogens (tertiary/aromatic N) is 2. The Morgan fingerprint density at radius 1 is 1.15 bits per heavy atom. The fraction of sp³-hybridized carbons (Fsp3) is 0.125. The van der Waals surface area contributed by atoms with Gasteiger partial charge in [0.2, 0.25) is 0 Å². The van der Waals surface area contributed by atoms with Crippen LogP contribution in [0.15, 0.2) is 48.5 Å². The largest absolute Gasteiger partial charge is 0.481 e. The summed E-state index contributed by atoms with van der Waals surface area (Å²) in [5.74, 6) is -0.854. The zero-order valence-corrected chi connectivity index (χ0v) is 11.1. The number of rotatable bonds is 3. The second kappa shape index (κ2) is 4.81. The Balaban J connectivity index is 2.31. The van der Waals surface area contributed by atoms with Gasteiger partial charge in [-0.2, -0.15) is 0 Å². The Kier molecular flexibility index (Phi) is 2.99. The predicted molar refractivity (Wildman–Crippen MR) is 76.7 cm³/mol. The van der Waals surface area contributed by atoms with Crippen molar-refractivity contribution in [2.45, 2.75) is 13.3 Å². The molecular weight excluding hydrogens is 252 g/mol. The number of fused-ring (bicyclic) bond motifs is 1. The number of carbonyl (C=O) groups is 1. The first-order valence-electron chi connectivity index (χ1n) is 6.41. The summed E-state index contributed by atoms with van der Waals surface area (Å²) in [5.41, 5.74) is 4.15. The van der Waals surface area contributed by atoms with Gasteiger partial charge in [0.15, 0.2) is 0 Å². The molecule has 0 radical (unpaired) electrons. The third-order valence-electron chi connectivity index (χ3n) is 3.30. The highest BCUT2D eigenvalue weighted by Gasteiger charge is 2.17. The molecule has 0 saturated heterocycles. The van der Waals surface area contributed by atoms with Crippen LogP contribution in [0, 0.1) is 6.92 Å². The van der Waals surface area contributed by atoms with Crippen molar-refractivity contribution >= 4 is 11.6 Å². The Hall–Kier alpha value is -2.62. The monoisotopic (exact) mass is 266 g/mol. The zero-order chi connectivity index (χ0) is 14.1. The summed E-state index contributed by atoms with van der Waals surface area (Å²) in [7, 11) is 0. The molecule has 3 rings (SSSR count). The maximum absolute atomic E-state index is 11.2. The number of carboxylic acid groups (broad SMARTS) is 1. The van der Waals surface area contributed by atoms with Gasteiger partial charge in [0, 0.05) is 11.3 Å². The lowest BCUT2D eigenvalue weighted by Gasteiger charge is -2.05. The summed E-state index contributed by atoms with van der Waals surface area (Å²) >= 11 is 0. The van der Waals surface area contributed by atoms with E-state index in [9.17, 15) is 4.79 Å². The number of benzene rings is 1. The summed E-state index contributed by atoms with van der Waals surface area (Å²) in [6.45, 7) is 1.95. The van der Waals surface area contributed by atoms with Crippen molar-refractivity contribution in [2.75, 3.05) is 0 Å². The molecule has 3 aromatic rings. The molecule has 0 bridgehead atoms. The molecule has 4 heteroatoms. The van der Waals surface area contributed by atoms with Gasteiger partial charge in [-0.25, -0.2) is 4.98 Å². The SMILES string of the molecule is Cc1cccc2nc(-c3ccccc3)c(CC(=O)O)n12. The minimum absolute atomic E-state index is 0.0454. The fourth-order valence-corrected chi connectivity index (χ4v) is 2.46. The first kappa shape index (κ1) is 12.4. The number of imidazole rings is 1. The number of aromatic nitrogens is 2. The van der Waals surface area contributed by atoms with Crippen LogP contribution in [0.3, 0.4) is 0 Å². The lowest BCUT2D eigenvalue weighted by Crippen LogP contribution is -2.06. The van der Waals surface area contributed by atoms with Gasteiger partial charge >= 0.3 is 5.97 Å². The van der Waals surface area contributed by atoms with E-state index in [0.29, 0.717) is 0 Å². The maximum atomic E-state index is 11.2. The van der Waals surface area contributed by atoms with Crippen LogP contribution in [0.1, 0.15) is 11.4 Å². The molecule has 4 nitrogen and oxygen atoms in total. The van der Waals surface area contributed by atoms with Crippen LogP contribution in [-0.2, 0) is 11.2 Å². The molecular formula is C16H14N2O2. The topological polar surface area (TPSA) is 54.6 Å². The van der Waals surface area contributed by atoms with Gasteiger partial charge in [-0.05, 0) is 19.1 Å². The molecule has 2 aromatic heterocycles. The molecule has 1 N–H and O–H groups in total. The van der Waals surface area contributed by atoms with E-state index < -0.39 is 5.97 Å². The fourth-order valence-electron chi connectivity index (χ4n) is 2.46. The molecule has 2 heterocycles. The third-order valence-corrected chi connectivity index (χ3v) is 3.30. The van der Waals surface area contributed by atoms with E-state index in [0.717, 1.165) is 28.3 Å². The minimum atomic E-state index is -0.854. The molecule has 0 atom stereocenters. The second-order valence-electron chi connectivity index (χ2n) is 4.70. The van der Waals surface area contributed by atoms with E-state index in [-0.39, 0.29) is 6.42 Å². The van der Waals surface area contributed by atoms with Crippen molar-refractivity contribution < 1.29 is 9.90 Å². The van der Waals surface area contributed by atoms with E-state index in [1.165, 1.54) is 0 Å². The first-order valence-corrected chi connectivity index (χ1v) is 6.41. The van der Waals surface area contributed by atoms with E-state index in [4.69, 9.17) is 5.11 Å². The van der Waals surface area contributed by atoms with Gasteiger partial charge in [-0.15, -0.1) is 0 Å². The molecule has 0 aliphatic carbocycles. The average Bonchev–Trinajstić information content (AvgIpc) is 2.79. The number of hydrogen-bond donors (Lipinski definition) is 1. The van der Waals surface area contributed by atoms with Gasteiger partial charge in [0.05, 0.1) is 17.8 Å². The highest BCUT2D eigenvalue weighted by Crippen LogP contribution is 2.25. The van der Waals surface area contributed by atoms with Crippen molar-refractivity contribution in [3.8, 4) is 11.3 Å². The number of hydrogen-bond acceptors (Lipinski definition) is 2. The zero-order valence-electron chi connectivity index (χ0n) is 11.1. The number of pyridine rings is 1. The summed E-state index contributed by atoms with van der Waals surface area (Å²) in [6.07, 6.45) is -0.0454. The number of aryl methyl sites for hydroxylation is 1. The molecule has 100 valence electrons. The van der Waals surface area contributed by atoms with Gasteiger partial charge in [0.1, 0.15) is 5.65 Å². The quantitative estimate of drug-likeness (QED) is 0.793. The smallest absolute Gasteiger partial charge is 0.309 e. The number of carboxylic acids is 1. The Bertz CT molecular complexity index is 776. The Labute approximate surface area is 116 Å². The Morgan fingerprint density at radius 2 is 1.90 bits per heavy atom.